The van der Waals surface area contributed by atoms with Crippen molar-refractivity contribution in [1.82, 2.24) is 5.32 Å². The van der Waals surface area contributed by atoms with Crippen molar-refractivity contribution in [1.29, 1.82) is 0 Å². The monoisotopic (exact) mass is 237 g/mol. The molecule has 0 aromatic rings. The number of nitrogens with one attached hydrogen (secondary N) is 1. The summed E-state index contributed by atoms with van der Waals surface area (Å²) in [5, 5.41) is 3.47. The number of hydrogen-bond acceptors (Lipinski definition) is 2. The van der Waals surface area contributed by atoms with Gasteiger partial charge in [-0.3, -0.25) is 0 Å². The third-order valence-corrected chi connectivity index (χ3v) is 4.41. The van der Waals surface area contributed by atoms with Crippen molar-refractivity contribution >= 4 is 0 Å². The lowest BCUT2D eigenvalue weighted by atomic mass is 9.76. The molecule has 1 fully saturated rings. The van der Waals surface area contributed by atoms with Gasteiger partial charge in [0, 0.05) is 6.42 Å². The molecular formula is C15H27NO. The topological polar surface area (TPSA) is 21.3 Å². The van der Waals surface area contributed by atoms with Gasteiger partial charge >= 0.3 is 0 Å². The van der Waals surface area contributed by atoms with Crippen LogP contribution >= 0.6 is 0 Å². The van der Waals surface area contributed by atoms with Crippen molar-refractivity contribution in [2.45, 2.75) is 57.9 Å². The zero-order valence-electron chi connectivity index (χ0n) is 11.4. The second kappa shape index (κ2) is 6.44. The average Bonchev–Trinajstić information content (AvgIpc) is 2.86. The predicted octanol–water partition coefficient (Wildman–Crippen LogP) is 3.49. The van der Waals surface area contributed by atoms with Gasteiger partial charge < -0.3 is 10.1 Å². The van der Waals surface area contributed by atoms with Gasteiger partial charge in [0.1, 0.15) is 5.76 Å². The zero-order valence-corrected chi connectivity index (χ0v) is 11.4. The summed E-state index contributed by atoms with van der Waals surface area (Å²) in [5.74, 6) is 3.00. The molecule has 0 aromatic heterocycles. The van der Waals surface area contributed by atoms with Crippen molar-refractivity contribution in [3.05, 3.63) is 11.8 Å². The van der Waals surface area contributed by atoms with Crippen LogP contribution in [0.15, 0.2) is 11.8 Å². The van der Waals surface area contributed by atoms with E-state index in [1.807, 2.05) is 0 Å². The lowest BCUT2D eigenvalue weighted by molar-refractivity contribution is 0.164. The highest BCUT2D eigenvalue weighted by atomic mass is 16.5. The Morgan fingerprint density at radius 1 is 1.35 bits per heavy atom. The van der Waals surface area contributed by atoms with Gasteiger partial charge in [0.15, 0.2) is 0 Å². The molecule has 1 unspecified atom stereocenters. The smallest absolute Gasteiger partial charge is 0.109 e. The highest BCUT2D eigenvalue weighted by molar-refractivity contribution is 5.09. The molecule has 17 heavy (non-hydrogen) atoms. The summed E-state index contributed by atoms with van der Waals surface area (Å²) in [6, 6.07) is 0.472. The molecule has 2 heteroatoms. The Labute approximate surface area is 106 Å². The van der Waals surface area contributed by atoms with Gasteiger partial charge in [0.05, 0.1) is 12.6 Å². The van der Waals surface area contributed by atoms with Gasteiger partial charge in [-0.15, -0.1) is 0 Å². The summed E-state index contributed by atoms with van der Waals surface area (Å²) in [6.07, 6.45) is 11.7. The number of rotatable bonds is 5. The van der Waals surface area contributed by atoms with Crippen LogP contribution in [-0.2, 0) is 4.74 Å². The van der Waals surface area contributed by atoms with Gasteiger partial charge in [-0.25, -0.2) is 0 Å². The fraction of sp³-hybridized carbons (Fsp3) is 0.867. The molecule has 1 atom stereocenters. The van der Waals surface area contributed by atoms with Gasteiger partial charge in [-0.2, -0.15) is 0 Å². The Kier molecular flexibility index (Phi) is 4.90. The number of likely N-dealkylation sites (N-methyl/N-ethyl adjacent to an activating group) is 1. The van der Waals surface area contributed by atoms with Crippen molar-refractivity contribution in [3.63, 3.8) is 0 Å². The Balaban J connectivity index is 1.85. The number of hydrogen-bond donors (Lipinski definition) is 1. The van der Waals surface area contributed by atoms with E-state index in [0.717, 1.165) is 24.9 Å². The molecule has 2 rings (SSSR count). The molecule has 0 bridgehead atoms. The maximum atomic E-state index is 5.73. The standard InChI is InChI=1S/C15H27NO/c1-3-5-12-7-9-13(10-8-12)15(16-2)14-6-4-11-17-14/h6,12-13,15-16H,3-5,7-11H2,1-2H3. The molecule has 0 amide bonds. The summed E-state index contributed by atoms with van der Waals surface area (Å²) in [5.41, 5.74) is 0. The van der Waals surface area contributed by atoms with Crippen LogP contribution < -0.4 is 5.32 Å². The lowest BCUT2D eigenvalue weighted by Gasteiger charge is -2.34. The van der Waals surface area contributed by atoms with Crippen molar-refractivity contribution in [3.8, 4) is 0 Å². The Bertz CT molecular complexity index is 254. The van der Waals surface area contributed by atoms with Gasteiger partial charge in [0.2, 0.25) is 0 Å². The normalized spacial score (nSPS) is 30.8. The molecule has 0 spiro atoms. The van der Waals surface area contributed by atoms with E-state index in [-0.39, 0.29) is 0 Å². The van der Waals surface area contributed by atoms with Crippen LogP contribution in [0.4, 0.5) is 0 Å². The van der Waals surface area contributed by atoms with Crippen molar-refractivity contribution < 1.29 is 4.74 Å². The molecule has 0 saturated heterocycles. The molecule has 1 aliphatic heterocycles. The van der Waals surface area contributed by atoms with E-state index in [4.69, 9.17) is 4.74 Å². The SMILES string of the molecule is CCCC1CCC(C(NC)C2=CCCO2)CC1. The van der Waals surface area contributed by atoms with Crippen molar-refractivity contribution in [2.24, 2.45) is 11.8 Å². The van der Waals surface area contributed by atoms with E-state index in [0.29, 0.717) is 6.04 Å². The van der Waals surface area contributed by atoms with Crippen LogP contribution in [0, 0.1) is 11.8 Å². The van der Waals surface area contributed by atoms with Gasteiger partial charge in [-0.05, 0) is 37.8 Å². The fourth-order valence-electron chi connectivity index (χ4n) is 3.48. The zero-order chi connectivity index (χ0) is 12.1. The molecular weight excluding hydrogens is 210 g/mol. The second-order valence-corrected chi connectivity index (χ2v) is 5.58. The molecule has 1 heterocycles. The minimum Gasteiger partial charge on any atom is -0.496 e. The van der Waals surface area contributed by atoms with Crippen molar-refractivity contribution in [2.75, 3.05) is 13.7 Å². The highest BCUT2D eigenvalue weighted by Gasteiger charge is 2.30. The molecule has 2 aliphatic rings. The van der Waals surface area contributed by atoms with Gasteiger partial charge in [0.25, 0.3) is 0 Å². The van der Waals surface area contributed by atoms with E-state index in [9.17, 15) is 0 Å². The van der Waals surface area contributed by atoms with Crippen LogP contribution in [0.5, 0.6) is 0 Å². The third-order valence-electron chi connectivity index (χ3n) is 4.41. The Morgan fingerprint density at radius 3 is 2.65 bits per heavy atom. The van der Waals surface area contributed by atoms with Gasteiger partial charge in [-0.1, -0.05) is 32.6 Å². The predicted molar refractivity (Wildman–Crippen MR) is 71.9 cm³/mol. The first-order chi connectivity index (χ1) is 8.35. The summed E-state index contributed by atoms with van der Waals surface area (Å²) < 4.78 is 5.73. The molecule has 1 N–H and O–H groups in total. The maximum absolute atomic E-state index is 5.73. The van der Waals surface area contributed by atoms with E-state index < -0.39 is 0 Å². The largest absolute Gasteiger partial charge is 0.496 e. The average molecular weight is 237 g/mol. The summed E-state index contributed by atoms with van der Waals surface area (Å²) >= 11 is 0. The van der Waals surface area contributed by atoms with E-state index >= 15 is 0 Å². The lowest BCUT2D eigenvalue weighted by Crippen LogP contribution is -2.37. The molecule has 0 aromatic carbocycles. The third kappa shape index (κ3) is 3.25. The first-order valence-corrected chi connectivity index (χ1v) is 7.35. The molecule has 1 aliphatic carbocycles. The van der Waals surface area contributed by atoms with Crippen LogP contribution in [-0.4, -0.2) is 19.7 Å². The van der Waals surface area contributed by atoms with E-state index in [1.54, 1.807) is 0 Å². The van der Waals surface area contributed by atoms with Crippen LogP contribution in [0.2, 0.25) is 0 Å². The summed E-state index contributed by atoms with van der Waals surface area (Å²) in [6.45, 7) is 3.19. The molecule has 2 nitrogen and oxygen atoms in total. The highest BCUT2D eigenvalue weighted by Crippen LogP contribution is 2.35. The summed E-state index contributed by atoms with van der Waals surface area (Å²) in [7, 11) is 2.07. The molecule has 1 saturated carbocycles. The maximum Gasteiger partial charge on any atom is 0.109 e. The van der Waals surface area contributed by atoms with E-state index in [1.165, 1.54) is 44.3 Å². The minimum absolute atomic E-state index is 0.472. The van der Waals surface area contributed by atoms with Crippen LogP contribution in [0.1, 0.15) is 51.9 Å². The second-order valence-electron chi connectivity index (χ2n) is 5.58. The van der Waals surface area contributed by atoms with E-state index in [2.05, 4.69) is 25.4 Å². The first kappa shape index (κ1) is 12.9. The molecule has 0 radical (unpaired) electrons. The minimum atomic E-state index is 0.472. The fourth-order valence-corrected chi connectivity index (χ4v) is 3.48. The molecule has 98 valence electrons. The Hall–Kier alpha value is -0.500. The quantitative estimate of drug-likeness (QED) is 0.790. The van der Waals surface area contributed by atoms with Crippen LogP contribution in [0.25, 0.3) is 0 Å². The first-order valence-electron chi connectivity index (χ1n) is 7.35. The van der Waals surface area contributed by atoms with Crippen LogP contribution in [0.3, 0.4) is 0 Å². The summed E-state index contributed by atoms with van der Waals surface area (Å²) in [4.78, 5) is 0. The number of ether oxygens (including phenoxy) is 1. The Morgan fingerprint density at radius 2 is 2.12 bits per heavy atom.